The van der Waals surface area contributed by atoms with E-state index < -0.39 is 5.97 Å². The second kappa shape index (κ2) is 4.80. The highest BCUT2D eigenvalue weighted by molar-refractivity contribution is 7.99. The van der Waals surface area contributed by atoms with E-state index in [2.05, 4.69) is 4.98 Å². The minimum atomic E-state index is -1.16. The molecule has 0 amide bonds. The number of thioether (sulfide) groups is 1. The predicted molar refractivity (Wildman–Crippen MR) is 54.2 cm³/mol. The Hall–Kier alpha value is -1.54. The molecule has 15 heavy (non-hydrogen) atoms. The van der Waals surface area contributed by atoms with Crippen LogP contribution in [0.2, 0.25) is 0 Å². The number of pyridine rings is 1. The van der Waals surface area contributed by atoms with Gasteiger partial charge in [0.25, 0.3) is 0 Å². The van der Waals surface area contributed by atoms with Gasteiger partial charge in [-0.2, -0.15) is 5.26 Å². The van der Waals surface area contributed by atoms with E-state index in [0.717, 1.165) is 23.0 Å². The Bertz CT molecular complexity index is 438. The number of aromatic nitrogens is 1. The molecule has 78 valence electrons. The van der Waals surface area contributed by atoms with E-state index in [1.807, 2.05) is 6.07 Å². The second-order valence-electron chi connectivity index (χ2n) is 3.03. The Kier molecular flexibility index (Phi) is 3.69. The molecule has 1 heterocycles. The average Bonchev–Trinajstić information content (AvgIpc) is 2.13. The summed E-state index contributed by atoms with van der Waals surface area (Å²) in [4.78, 5) is 14.4. The van der Waals surface area contributed by atoms with Crippen LogP contribution in [-0.2, 0) is 4.79 Å². The molecule has 0 aromatic carbocycles. The Morgan fingerprint density at radius 1 is 1.67 bits per heavy atom. The molecule has 0 radical (unpaired) electrons. The molecule has 0 fully saturated rings. The number of hydrogen-bond donors (Lipinski definition) is 0. The van der Waals surface area contributed by atoms with Crippen LogP contribution in [0, 0.1) is 25.2 Å². The first-order valence-corrected chi connectivity index (χ1v) is 5.24. The summed E-state index contributed by atoms with van der Waals surface area (Å²) >= 11 is 1.01. The largest absolute Gasteiger partial charge is 0.549 e. The van der Waals surface area contributed by atoms with Gasteiger partial charge < -0.3 is 9.90 Å². The molecule has 0 N–H and O–H groups in total. The van der Waals surface area contributed by atoms with Crippen LogP contribution in [0.1, 0.15) is 16.8 Å². The van der Waals surface area contributed by atoms with Gasteiger partial charge in [0.05, 0.1) is 11.5 Å². The highest BCUT2D eigenvalue weighted by Gasteiger charge is 2.08. The zero-order valence-corrected chi connectivity index (χ0v) is 9.22. The maximum absolute atomic E-state index is 10.3. The number of carbonyl (C=O) groups excluding carboxylic acids is 1. The third kappa shape index (κ3) is 2.96. The van der Waals surface area contributed by atoms with E-state index in [9.17, 15) is 9.90 Å². The third-order valence-corrected chi connectivity index (χ3v) is 2.70. The molecule has 4 nitrogen and oxygen atoms in total. The summed E-state index contributed by atoms with van der Waals surface area (Å²) in [6.07, 6.45) is 0. The summed E-state index contributed by atoms with van der Waals surface area (Å²) < 4.78 is 0. The van der Waals surface area contributed by atoms with Crippen LogP contribution in [0.5, 0.6) is 0 Å². The molecule has 0 spiro atoms. The maximum Gasteiger partial charge on any atom is 0.115 e. The zero-order valence-electron chi connectivity index (χ0n) is 8.40. The Morgan fingerprint density at radius 2 is 2.33 bits per heavy atom. The minimum absolute atomic E-state index is 0.190. The molecular weight excluding hydrogens is 212 g/mol. The van der Waals surface area contributed by atoms with Crippen molar-refractivity contribution < 1.29 is 9.90 Å². The molecule has 1 aromatic heterocycles. The summed E-state index contributed by atoms with van der Waals surface area (Å²) in [6, 6.07) is 3.81. The van der Waals surface area contributed by atoms with Crippen molar-refractivity contribution in [2.45, 2.75) is 18.9 Å². The summed E-state index contributed by atoms with van der Waals surface area (Å²) in [6.45, 7) is 3.60. The summed E-state index contributed by atoms with van der Waals surface area (Å²) in [5.41, 5.74) is 2.02. The lowest BCUT2D eigenvalue weighted by Crippen LogP contribution is -2.24. The summed E-state index contributed by atoms with van der Waals surface area (Å²) in [5, 5.41) is 19.6. The first kappa shape index (κ1) is 11.5. The number of aliphatic carboxylic acids is 1. The number of hydrogen-bond acceptors (Lipinski definition) is 5. The lowest BCUT2D eigenvalue weighted by molar-refractivity contribution is -0.301. The molecule has 0 aliphatic rings. The standard InChI is InChI=1S/C10H10N2O2S/c1-6-3-7(2)12-10(8(6)4-11)15-5-9(13)14/h3H,5H2,1-2H3,(H,13,14)/p-1. The van der Waals surface area contributed by atoms with Crippen molar-refractivity contribution in [2.24, 2.45) is 0 Å². The van der Waals surface area contributed by atoms with Gasteiger partial charge in [-0.15, -0.1) is 0 Å². The maximum atomic E-state index is 10.3. The molecule has 1 aromatic rings. The summed E-state index contributed by atoms with van der Waals surface area (Å²) in [5.74, 6) is -1.35. The number of nitrogens with zero attached hydrogens (tertiary/aromatic N) is 2. The fourth-order valence-electron chi connectivity index (χ4n) is 1.17. The van der Waals surface area contributed by atoms with Crippen LogP contribution in [0.3, 0.4) is 0 Å². The van der Waals surface area contributed by atoms with E-state index in [1.165, 1.54) is 0 Å². The zero-order chi connectivity index (χ0) is 11.4. The van der Waals surface area contributed by atoms with Crippen molar-refractivity contribution in [1.82, 2.24) is 4.98 Å². The molecule has 0 unspecified atom stereocenters. The fraction of sp³-hybridized carbons (Fsp3) is 0.300. The van der Waals surface area contributed by atoms with E-state index in [0.29, 0.717) is 10.6 Å². The normalized spacial score (nSPS) is 9.67. The molecule has 0 saturated heterocycles. The van der Waals surface area contributed by atoms with Crippen LogP contribution >= 0.6 is 11.8 Å². The number of carboxylic acids is 1. The lowest BCUT2D eigenvalue weighted by atomic mass is 10.1. The number of carbonyl (C=O) groups is 1. The topological polar surface area (TPSA) is 76.8 Å². The number of aryl methyl sites for hydroxylation is 2. The van der Waals surface area contributed by atoms with Crippen molar-refractivity contribution in [2.75, 3.05) is 5.75 Å². The van der Waals surface area contributed by atoms with Gasteiger partial charge in [-0.1, -0.05) is 11.8 Å². The molecular formula is C10H9N2O2S-. The predicted octanol–water partition coefficient (Wildman–Crippen LogP) is 0.412. The van der Waals surface area contributed by atoms with Crippen LogP contribution in [0.15, 0.2) is 11.1 Å². The molecule has 0 saturated carbocycles. The second-order valence-corrected chi connectivity index (χ2v) is 4.00. The van der Waals surface area contributed by atoms with Gasteiger partial charge in [-0.25, -0.2) is 4.98 Å². The van der Waals surface area contributed by atoms with Gasteiger partial charge in [0.2, 0.25) is 0 Å². The van der Waals surface area contributed by atoms with Crippen molar-refractivity contribution in [3.05, 3.63) is 22.9 Å². The van der Waals surface area contributed by atoms with Crippen molar-refractivity contribution in [3.63, 3.8) is 0 Å². The van der Waals surface area contributed by atoms with Gasteiger partial charge in [0.1, 0.15) is 11.1 Å². The molecule has 1 rings (SSSR count). The van der Waals surface area contributed by atoms with Gasteiger partial charge >= 0.3 is 0 Å². The van der Waals surface area contributed by atoms with Crippen LogP contribution in [0.25, 0.3) is 0 Å². The van der Waals surface area contributed by atoms with Gasteiger partial charge in [0, 0.05) is 11.4 Å². The van der Waals surface area contributed by atoms with E-state index in [4.69, 9.17) is 5.26 Å². The Morgan fingerprint density at radius 3 is 2.87 bits per heavy atom. The Balaban J connectivity index is 3.05. The monoisotopic (exact) mass is 221 g/mol. The van der Waals surface area contributed by atoms with Crippen molar-refractivity contribution in [1.29, 1.82) is 5.26 Å². The molecule has 0 bridgehead atoms. The number of carboxylic acid groups (broad SMARTS) is 1. The molecule has 5 heteroatoms. The third-order valence-electron chi connectivity index (χ3n) is 1.75. The first-order chi connectivity index (χ1) is 7.04. The summed E-state index contributed by atoms with van der Waals surface area (Å²) in [7, 11) is 0. The van der Waals surface area contributed by atoms with Crippen molar-refractivity contribution >= 4 is 17.7 Å². The van der Waals surface area contributed by atoms with Crippen LogP contribution in [0.4, 0.5) is 0 Å². The number of rotatable bonds is 3. The number of nitriles is 1. The fourth-order valence-corrected chi connectivity index (χ4v) is 1.98. The van der Waals surface area contributed by atoms with Crippen LogP contribution < -0.4 is 5.11 Å². The van der Waals surface area contributed by atoms with E-state index in [1.54, 1.807) is 19.9 Å². The van der Waals surface area contributed by atoms with Gasteiger partial charge in [-0.3, -0.25) is 0 Å². The smallest absolute Gasteiger partial charge is 0.115 e. The SMILES string of the molecule is Cc1cc(C)c(C#N)c(SCC(=O)[O-])n1. The lowest BCUT2D eigenvalue weighted by Gasteiger charge is -2.07. The first-order valence-electron chi connectivity index (χ1n) is 4.25. The van der Waals surface area contributed by atoms with Gasteiger partial charge in [0.15, 0.2) is 0 Å². The van der Waals surface area contributed by atoms with Crippen molar-refractivity contribution in [3.8, 4) is 6.07 Å². The average molecular weight is 221 g/mol. The molecule has 0 aliphatic heterocycles. The minimum Gasteiger partial charge on any atom is -0.549 e. The van der Waals surface area contributed by atoms with Crippen LogP contribution in [-0.4, -0.2) is 16.7 Å². The molecule has 0 atom stereocenters. The highest BCUT2D eigenvalue weighted by atomic mass is 32.2. The van der Waals surface area contributed by atoms with E-state index >= 15 is 0 Å². The van der Waals surface area contributed by atoms with E-state index in [-0.39, 0.29) is 5.75 Å². The molecule has 0 aliphatic carbocycles. The Labute approximate surface area is 91.9 Å². The van der Waals surface area contributed by atoms with Gasteiger partial charge in [-0.05, 0) is 25.5 Å². The highest BCUT2D eigenvalue weighted by Crippen LogP contribution is 2.22. The quantitative estimate of drug-likeness (QED) is 0.691.